The number of thiocarbonyl (C=S) groups is 1. The molecule has 0 amide bonds. The van der Waals surface area contributed by atoms with E-state index < -0.39 is 5.97 Å². The van der Waals surface area contributed by atoms with E-state index in [2.05, 4.69) is 42.3 Å². The van der Waals surface area contributed by atoms with Crippen LogP contribution in [0.4, 0.5) is 5.69 Å². The SMILES string of the molecule is Cc1cc(C)cc(N2C(=S)N[C@H](c3ccccn3)[C@H]2c2ccc(-c3cc(C(=O)O)ccc3Cl)o2)c1. The number of halogens is 1. The number of nitrogens with zero attached hydrogens (tertiary/aromatic N) is 2. The van der Waals surface area contributed by atoms with Crippen LogP contribution in [-0.4, -0.2) is 21.2 Å². The molecule has 0 bridgehead atoms. The molecule has 1 saturated heterocycles. The largest absolute Gasteiger partial charge is 0.478 e. The van der Waals surface area contributed by atoms with E-state index in [-0.39, 0.29) is 17.6 Å². The van der Waals surface area contributed by atoms with E-state index in [1.54, 1.807) is 18.3 Å². The van der Waals surface area contributed by atoms with E-state index in [1.807, 2.05) is 29.2 Å². The number of hydrogen-bond donors (Lipinski definition) is 2. The maximum atomic E-state index is 11.5. The van der Waals surface area contributed by atoms with E-state index in [0.29, 0.717) is 27.2 Å². The van der Waals surface area contributed by atoms with Crippen molar-refractivity contribution in [3.05, 3.63) is 106 Å². The summed E-state index contributed by atoms with van der Waals surface area (Å²) in [4.78, 5) is 18.1. The molecule has 2 aromatic carbocycles. The van der Waals surface area contributed by atoms with E-state index in [1.165, 1.54) is 12.1 Å². The number of pyridine rings is 1. The molecule has 2 aromatic heterocycles. The second-order valence-electron chi connectivity index (χ2n) is 8.54. The minimum absolute atomic E-state index is 0.134. The lowest BCUT2D eigenvalue weighted by Gasteiger charge is -2.26. The number of aromatic carboxylic acids is 1. The number of aryl methyl sites for hydroxylation is 2. The van der Waals surface area contributed by atoms with E-state index in [9.17, 15) is 9.90 Å². The van der Waals surface area contributed by atoms with Gasteiger partial charge in [0.2, 0.25) is 0 Å². The molecule has 0 aliphatic carbocycles. The van der Waals surface area contributed by atoms with Gasteiger partial charge in [-0.15, -0.1) is 0 Å². The van der Waals surface area contributed by atoms with E-state index in [0.717, 1.165) is 22.5 Å². The molecule has 0 spiro atoms. The summed E-state index contributed by atoms with van der Waals surface area (Å²) in [5.74, 6) is 0.0984. The average Bonchev–Trinajstić information content (AvgIpc) is 3.43. The van der Waals surface area contributed by atoms with Crippen molar-refractivity contribution in [2.24, 2.45) is 0 Å². The number of anilines is 1. The number of rotatable bonds is 5. The number of carboxylic acids is 1. The molecule has 0 unspecified atom stereocenters. The summed E-state index contributed by atoms with van der Waals surface area (Å²) in [6.45, 7) is 4.10. The molecule has 6 nitrogen and oxygen atoms in total. The minimum atomic E-state index is -1.03. The summed E-state index contributed by atoms with van der Waals surface area (Å²) in [6, 6.07) is 19.7. The highest BCUT2D eigenvalue weighted by molar-refractivity contribution is 7.80. The Morgan fingerprint density at radius 1 is 1.09 bits per heavy atom. The Balaban J connectivity index is 1.63. The normalized spacial score (nSPS) is 17.5. The van der Waals surface area contributed by atoms with Crippen LogP contribution in [0.3, 0.4) is 0 Å². The number of aromatic nitrogens is 1. The third-order valence-electron chi connectivity index (χ3n) is 5.98. The van der Waals surface area contributed by atoms with Crippen LogP contribution >= 0.6 is 23.8 Å². The minimum Gasteiger partial charge on any atom is -0.478 e. The fourth-order valence-corrected chi connectivity index (χ4v) is 5.07. The van der Waals surface area contributed by atoms with Gasteiger partial charge in [0.25, 0.3) is 0 Å². The van der Waals surface area contributed by atoms with Crippen molar-refractivity contribution < 1.29 is 14.3 Å². The number of furan rings is 1. The molecule has 8 heteroatoms. The summed E-state index contributed by atoms with van der Waals surface area (Å²) in [5.41, 5.74) is 4.68. The van der Waals surface area contributed by atoms with Gasteiger partial charge in [-0.25, -0.2) is 4.79 Å². The van der Waals surface area contributed by atoms with Gasteiger partial charge in [-0.05, 0) is 91.8 Å². The Kier molecular flexibility index (Phi) is 6.05. The summed E-state index contributed by atoms with van der Waals surface area (Å²) in [7, 11) is 0. The molecule has 1 fully saturated rings. The van der Waals surface area contributed by atoms with Crippen LogP contribution in [0.2, 0.25) is 5.02 Å². The molecule has 4 aromatic rings. The Bertz CT molecular complexity index is 1420. The maximum absolute atomic E-state index is 11.5. The lowest BCUT2D eigenvalue weighted by Crippen LogP contribution is -2.29. The summed E-state index contributed by atoms with van der Waals surface area (Å²) in [5, 5.41) is 13.8. The van der Waals surface area contributed by atoms with Gasteiger partial charge in [0.1, 0.15) is 17.6 Å². The first-order valence-electron chi connectivity index (χ1n) is 11.0. The van der Waals surface area contributed by atoms with Crippen molar-refractivity contribution in [1.82, 2.24) is 10.3 Å². The van der Waals surface area contributed by atoms with Crippen LogP contribution in [0.15, 0.2) is 77.3 Å². The molecule has 1 aliphatic rings. The van der Waals surface area contributed by atoms with Crippen LogP contribution in [0, 0.1) is 13.8 Å². The lowest BCUT2D eigenvalue weighted by molar-refractivity contribution is 0.0697. The van der Waals surface area contributed by atoms with Crippen LogP contribution < -0.4 is 10.2 Å². The predicted molar refractivity (Wildman–Crippen MR) is 140 cm³/mol. The maximum Gasteiger partial charge on any atom is 0.335 e. The first-order chi connectivity index (χ1) is 16.8. The number of nitrogens with one attached hydrogen (secondary N) is 1. The van der Waals surface area contributed by atoms with Crippen molar-refractivity contribution in [2.45, 2.75) is 25.9 Å². The summed E-state index contributed by atoms with van der Waals surface area (Å²) in [6.07, 6.45) is 1.75. The summed E-state index contributed by atoms with van der Waals surface area (Å²) >= 11 is 12.2. The molecule has 0 saturated carbocycles. The molecular formula is C27H22ClN3O3S. The van der Waals surface area contributed by atoms with Crippen molar-refractivity contribution in [2.75, 3.05) is 4.90 Å². The van der Waals surface area contributed by atoms with Crippen molar-refractivity contribution >= 4 is 40.6 Å². The molecular weight excluding hydrogens is 482 g/mol. The first kappa shape index (κ1) is 23.1. The zero-order valence-electron chi connectivity index (χ0n) is 19.0. The fraction of sp³-hybridized carbons (Fsp3) is 0.148. The standard InChI is InChI=1S/C27H22ClN3O3S/c1-15-11-16(2)13-18(12-15)31-25(24(30-27(31)35)21-5-3-4-10-29-21)23-9-8-22(34-23)19-14-17(26(32)33)6-7-20(19)28/h3-14,24-25H,1-2H3,(H,30,35)(H,32,33)/t24-,25-/m1/s1. The average molecular weight is 504 g/mol. The molecule has 35 heavy (non-hydrogen) atoms. The van der Waals surface area contributed by atoms with Gasteiger partial charge in [-0.3, -0.25) is 4.98 Å². The van der Waals surface area contributed by atoms with E-state index in [4.69, 9.17) is 28.2 Å². The smallest absolute Gasteiger partial charge is 0.335 e. The van der Waals surface area contributed by atoms with Crippen LogP contribution in [-0.2, 0) is 0 Å². The lowest BCUT2D eigenvalue weighted by atomic mass is 10.0. The zero-order chi connectivity index (χ0) is 24.7. The Labute approximate surface area is 213 Å². The monoisotopic (exact) mass is 503 g/mol. The van der Waals surface area contributed by atoms with E-state index >= 15 is 0 Å². The molecule has 2 N–H and O–H groups in total. The second-order valence-corrected chi connectivity index (χ2v) is 9.34. The second kappa shape index (κ2) is 9.17. The zero-order valence-corrected chi connectivity index (χ0v) is 20.6. The van der Waals surface area contributed by atoms with Gasteiger partial charge in [-0.1, -0.05) is 23.7 Å². The van der Waals surface area contributed by atoms with Gasteiger partial charge in [0, 0.05) is 17.4 Å². The van der Waals surface area contributed by atoms with Gasteiger partial charge in [0.05, 0.1) is 22.3 Å². The van der Waals surface area contributed by atoms with Gasteiger partial charge in [0.15, 0.2) is 5.11 Å². The number of carbonyl (C=O) groups is 1. The van der Waals surface area contributed by atoms with Crippen molar-refractivity contribution in [3.63, 3.8) is 0 Å². The highest BCUT2D eigenvalue weighted by Crippen LogP contribution is 2.43. The van der Waals surface area contributed by atoms with Gasteiger partial charge < -0.3 is 19.7 Å². The quantitative estimate of drug-likeness (QED) is 0.301. The Morgan fingerprint density at radius 3 is 2.54 bits per heavy atom. The number of hydrogen-bond acceptors (Lipinski definition) is 4. The molecule has 5 rings (SSSR count). The highest BCUT2D eigenvalue weighted by Gasteiger charge is 2.42. The van der Waals surface area contributed by atoms with Crippen LogP contribution in [0.5, 0.6) is 0 Å². The predicted octanol–water partition coefficient (Wildman–Crippen LogP) is 6.49. The number of benzene rings is 2. The topological polar surface area (TPSA) is 78.6 Å². The molecule has 1 aliphatic heterocycles. The number of carboxylic acid groups (broad SMARTS) is 1. The highest BCUT2D eigenvalue weighted by atomic mass is 35.5. The summed E-state index contributed by atoms with van der Waals surface area (Å²) < 4.78 is 6.34. The van der Waals surface area contributed by atoms with Crippen molar-refractivity contribution in [3.8, 4) is 11.3 Å². The van der Waals surface area contributed by atoms with Crippen LogP contribution in [0.25, 0.3) is 11.3 Å². The molecule has 176 valence electrons. The third-order valence-corrected chi connectivity index (χ3v) is 6.62. The third kappa shape index (κ3) is 4.40. The molecule has 3 heterocycles. The molecule has 2 atom stereocenters. The van der Waals surface area contributed by atoms with Crippen LogP contribution in [0.1, 0.15) is 45.0 Å². The fourth-order valence-electron chi connectivity index (χ4n) is 4.52. The molecule has 0 radical (unpaired) electrons. The first-order valence-corrected chi connectivity index (χ1v) is 11.8. The Hall–Kier alpha value is -3.68. The van der Waals surface area contributed by atoms with Crippen molar-refractivity contribution in [1.29, 1.82) is 0 Å². The van der Waals surface area contributed by atoms with Gasteiger partial charge >= 0.3 is 5.97 Å². The Morgan fingerprint density at radius 2 is 1.86 bits per heavy atom. The van der Waals surface area contributed by atoms with Gasteiger partial charge in [-0.2, -0.15) is 0 Å².